The SMILES string of the molecule is CC(N)CC(=O)NCc1ccccc1CN(C)C1CCCCC1.Cl.Cl. The van der Waals surface area contributed by atoms with Crippen molar-refractivity contribution in [2.75, 3.05) is 7.05 Å². The highest BCUT2D eigenvalue weighted by Crippen LogP contribution is 2.23. The number of nitrogens with one attached hydrogen (secondary N) is 1. The van der Waals surface area contributed by atoms with Crippen LogP contribution in [0.5, 0.6) is 0 Å². The standard InChI is InChI=1S/C19H31N3O.2ClH/c1-15(20)12-19(23)21-13-16-8-6-7-9-17(16)14-22(2)18-10-4-3-5-11-18;;/h6-9,15,18H,3-5,10-14,20H2,1-2H3,(H,21,23);2*1H. The summed E-state index contributed by atoms with van der Waals surface area (Å²) in [7, 11) is 2.22. The van der Waals surface area contributed by atoms with Crippen LogP contribution in [0.4, 0.5) is 0 Å². The molecule has 1 atom stereocenters. The number of carbonyl (C=O) groups excluding carboxylic acids is 1. The Balaban J connectivity index is 0.00000288. The molecule has 0 saturated heterocycles. The van der Waals surface area contributed by atoms with Crippen LogP contribution in [0.2, 0.25) is 0 Å². The topological polar surface area (TPSA) is 58.4 Å². The molecule has 0 bridgehead atoms. The number of hydrogen-bond donors (Lipinski definition) is 2. The number of hydrogen-bond acceptors (Lipinski definition) is 3. The maximum Gasteiger partial charge on any atom is 0.221 e. The van der Waals surface area contributed by atoms with Crippen LogP contribution in [0.1, 0.15) is 56.6 Å². The fraction of sp³-hybridized carbons (Fsp3) is 0.632. The fourth-order valence-corrected chi connectivity index (χ4v) is 3.36. The van der Waals surface area contributed by atoms with Crippen molar-refractivity contribution < 1.29 is 4.79 Å². The molecule has 1 aliphatic carbocycles. The molecule has 0 spiro atoms. The number of halogens is 2. The second kappa shape index (κ2) is 12.5. The molecule has 144 valence electrons. The molecule has 1 fully saturated rings. The van der Waals surface area contributed by atoms with E-state index in [9.17, 15) is 4.79 Å². The van der Waals surface area contributed by atoms with E-state index in [-0.39, 0.29) is 36.8 Å². The van der Waals surface area contributed by atoms with Gasteiger partial charge >= 0.3 is 0 Å². The normalized spacial score (nSPS) is 15.8. The van der Waals surface area contributed by atoms with E-state index in [0.717, 1.165) is 6.54 Å². The summed E-state index contributed by atoms with van der Waals surface area (Å²) in [5.41, 5.74) is 8.18. The van der Waals surface area contributed by atoms with Gasteiger partial charge in [-0.05, 0) is 37.9 Å². The minimum atomic E-state index is -0.0947. The Morgan fingerprint density at radius 3 is 2.40 bits per heavy atom. The molecule has 1 amide bonds. The Hall–Kier alpha value is -0.810. The van der Waals surface area contributed by atoms with E-state index in [1.807, 2.05) is 13.0 Å². The summed E-state index contributed by atoms with van der Waals surface area (Å²) >= 11 is 0. The molecule has 6 heteroatoms. The van der Waals surface area contributed by atoms with Gasteiger partial charge in [0.1, 0.15) is 0 Å². The molecular formula is C19H33Cl2N3O. The van der Waals surface area contributed by atoms with Crippen molar-refractivity contribution in [1.29, 1.82) is 0 Å². The largest absolute Gasteiger partial charge is 0.352 e. The summed E-state index contributed by atoms with van der Waals surface area (Å²) < 4.78 is 0. The first-order valence-corrected chi connectivity index (χ1v) is 8.85. The number of benzene rings is 1. The van der Waals surface area contributed by atoms with Crippen LogP contribution in [0, 0.1) is 0 Å². The molecular weight excluding hydrogens is 357 g/mol. The quantitative estimate of drug-likeness (QED) is 0.747. The molecule has 2 rings (SSSR count). The van der Waals surface area contributed by atoms with Crippen molar-refractivity contribution in [3.05, 3.63) is 35.4 Å². The molecule has 1 aromatic rings. The number of nitrogens with zero attached hydrogens (tertiary/aromatic N) is 1. The van der Waals surface area contributed by atoms with Gasteiger partial charge in [0.25, 0.3) is 0 Å². The Morgan fingerprint density at radius 1 is 1.20 bits per heavy atom. The van der Waals surface area contributed by atoms with Gasteiger partial charge in [-0.25, -0.2) is 0 Å². The lowest BCUT2D eigenvalue weighted by Gasteiger charge is -2.31. The Morgan fingerprint density at radius 2 is 1.80 bits per heavy atom. The molecule has 0 heterocycles. The second-order valence-corrected chi connectivity index (χ2v) is 6.93. The predicted octanol–water partition coefficient (Wildman–Crippen LogP) is 3.65. The summed E-state index contributed by atoms with van der Waals surface area (Å²) in [6.07, 6.45) is 7.08. The van der Waals surface area contributed by atoms with Gasteiger partial charge in [0.05, 0.1) is 0 Å². The van der Waals surface area contributed by atoms with Gasteiger partial charge in [0.2, 0.25) is 5.91 Å². The van der Waals surface area contributed by atoms with Gasteiger partial charge < -0.3 is 11.1 Å². The molecule has 0 radical (unpaired) electrons. The van der Waals surface area contributed by atoms with Crippen molar-refractivity contribution in [2.24, 2.45) is 5.73 Å². The average molecular weight is 390 g/mol. The zero-order chi connectivity index (χ0) is 16.7. The van der Waals surface area contributed by atoms with Crippen LogP contribution < -0.4 is 11.1 Å². The van der Waals surface area contributed by atoms with Gasteiger partial charge in [-0.2, -0.15) is 0 Å². The minimum Gasteiger partial charge on any atom is -0.352 e. The third-order valence-electron chi connectivity index (χ3n) is 4.72. The van der Waals surface area contributed by atoms with Crippen molar-refractivity contribution in [2.45, 2.75) is 70.6 Å². The lowest BCUT2D eigenvalue weighted by molar-refractivity contribution is -0.121. The number of amides is 1. The molecule has 1 unspecified atom stereocenters. The Bertz CT molecular complexity index is 505. The second-order valence-electron chi connectivity index (χ2n) is 6.93. The Labute approximate surface area is 164 Å². The Kier molecular flexibility index (Phi) is 12.1. The van der Waals surface area contributed by atoms with Crippen LogP contribution in [0.3, 0.4) is 0 Å². The van der Waals surface area contributed by atoms with Gasteiger partial charge in [-0.3, -0.25) is 9.69 Å². The summed E-state index contributed by atoms with van der Waals surface area (Å²) in [4.78, 5) is 14.3. The van der Waals surface area contributed by atoms with E-state index in [1.165, 1.54) is 43.2 Å². The smallest absolute Gasteiger partial charge is 0.221 e. The van der Waals surface area contributed by atoms with Crippen LogP contribution >= 0.6 is 24.8 Å². The highest BCUT2D eigenvalue weighted by atomic mass is 35.5. The van der Waals surface area contributed by atoms with Crippen LogP contribution in [0.15, 0.2) is 24.3 Å². The number of nitrogens with two attached hydrogens (primary N) is 1. The van der Waals surface area contributed by atoms with Gasteiger partial charge in [0.15, 0.2) is 0 Å². The molecule has 25 heavy (non-hydrogen) atoms. The molecule has 0 aliphatic heterocycles. The third-order valence-corrected chi connectivity index (χ3v) is 4.72. The van der Waals surface area contributed by atoms with E-state index in [2.05, 4.69) is 35.5 Å². The summed E-state index contributed by atoms with van der Waals surface area (Å²) in [6.45, 7) is 3.39. The molecule has 1 aromatic carbocycles. The summed E-state index contributed by atoms with van der Waals surface area (Å²) in [5, 5.41) is 2.99. The third kappa shape index (κ3) is 8.41. The average Bonchev–Trinajstić information content (AvgIpc) is 2.54. The number of carbonyl (C=O) groups is 1. The molecule has 1 aliphatic rings. The lowest BCUT2D eigenvalue weighted by Crippen LogP contribution is -2.33. The van der Waals surface area contributed by atoms with Crippen LogP contribution in [-0.2, 0) is 17.9 Å². The van der Waals surface area contributed by atoms with Crippen LogP contribution in [-0.4, -0.2) is 29.9 Å². The predicted molar refractivity (Wildman–Crippen MR) is 109 cm³/mol. The van der Waals surface area contributed by atoms with Crippen molar-refractivity contribution >= 4 is 30.7 Å². The molecule has 0 aromatic heterocycles. The van der Waals surface area contributed by atoms with Crippen molar-refractivity contribution in [3.8, 4) is 0 Å². The monoisotopic (exact) mass is 389 g/mol. The molecule has 1 saturated carbocycles. The first kappa shape index (κ1) is 24.2. The van der Waals surface area contributed by atoms with Crippen molar-refractivity contribution in [3.63, 3.8) is 0 Å². The highest BCUT2D eigenvalue weighted by Gasteiger charge is 2.18. The zero-order valence-corrected chi connectivity index (χ0v) is 17.0. The van der Waals surface area contributed by atoms with E-state index in [1.54, 1.807) is 0 Å². The fourth-order valence-electron chi connectivity index (χ4n) is 3.36. The molecule has 3 N–H and O–H groups in total. The molecule has 4 nitrogen and oxygen atoms in total. The first-order chi connectivity index (χ1) is 11.1. The maximum atomic E-state index is 11.8. The van der Waals surface area contributed by atoms with E-state index >= 15 is 0 Å². The highest BCUT2D eigenvalue weighted by molar-refractivity contribution is 5.85. The zero-order valence-electron chi connectivity index (χ0n) is 15.4. The maximum absolute atomic E-state index is 11.8. The van der Waals surface area contributed by atoms with E-state index in [0.29, 0.717) is 19.0 Å². The van der Waals surface area contributed by atoms with E-state index < -0.39 is 0 Å². The first-order valence-electron chi connectivity index (χ1n) is 8.85. The van der Waals surface area contributed by atoms with Gasteiger partial charge in [-0.1, -0.05) is 43.5 Å². The van der Waals surface area contributed by atoms with Gasteiger partial charge in [-0.15, -0.1) is 24.8 Å². The van der Waals surface area contributed by atoms with Crippen LogP contribution in [0.25, 0.3) is 0 Å². The summed E-state index contributed by atoms with van der Waals surface area (Å²) in [6, 6.07) is 9.00. The lowest BCUT2D eigenvalue weighted by atomic mass is 9.94. The summed E-state index contributed by atoms with van der Waals surface area (Å²) in [5.74, 6) is 0.0236. The van der Waals surface area contributed by atoms with Crippen molar-refractivity contribution in [1.82, 2.24) is 10.2 Å². The van der Waals surface area contributed by atoms with E-state index in [4.69, 9.17) is 5.73 Å². The number of rotatable bonds is 7. The minimum absolute atomic E-state index is 0. The van der Waals surface area contributed by atoms with Gasteiger partial charge in [0, 0.05) is 31.6 Å².